The largest absolute Gasteiger partial charge is 0.313 e. The number of hydrogen-bond acceptors (Lipinski definition) is 5. The number of hydrogen-bond donors (Lipinski definition) is 1. The zero-order valence-electron chi connectivity index (χ0n) is 11.8. The summed E-state index contributed by atoms with van der Waals surface area (Å²) in [5, 5.41) is 0. The standard InChI is InChI=1S/C14H23NO4/c1-8-4-5-11-9(2)15-17-12-14(11)10(8)6-7-13(3,16-12)18-19-14/h8-12,15H,4-7H2,1-3H3/t8-,9-,10+,11+,12+,13+,14-/m1/s1. The van der Waals surface area contributed by atoms with Gasteiger partial charge in [0.1, 0.15) is 0 Å². The molecule has 5 nitrogen and oxygen atoms in total. The number of nitrogens with one attached hydrogen (secondary N) is 1. The molecule has 19 heavy (non-hydrogen) atoms. The molecule has 5 rings (SSSR count). The number of rotatable bonds is 0. The van der Waals surface area contributed by atoms with Crippen molar-refractivity contribution in [2.24, 2.45) is 17.8 Å². The second kappa shape index (κ2) is 3.92. The first kappa shape index (κ1) is 12.5. The molecule has 4 heterocycles. The molecule has 1 saturated carbocycles. The van der Waals surface area contributed by atoms with Crippen molar-refractivity contribution in [1.82, 2.24) is 5.48 Å². The highest BCUT2D eigenvalue weighted by molar-refractivity contribution is 5.08. The van der Waals surface area contributed by atoms with Gasteiger partial charge in [0.25, 0.3) is 0 Å². The normalized spacial score (nSPS) is 60.5. The highest BCUT2D eigenvalue weighted by Gasteiger charge is 2.68. The molecule has 4 aliphatic heterocycles. The summed E-state index contributed by atoms with van der Waals surface area (Å²) < 4.78 is 6.09. The van der Waals surface area contributed by atoms with E-state index in [1.165, 1.54) is 6.42 Å². The number of fused-ring (bicyclic) bond motifs is 2. The molecule has 5 fully saturated rings. The van der Waals surface area contributed by atoms with Crippen molar-refractivity contribution in [2.45, 2.75) is 70.2 Å². The molecule has 2 bridgehead atoms. The molecule has 4 saturated heterocycles. The van der Waals surface area contributed by atoms with Crippen LogP contribution in [0.15, 0.2) is 0 Å². The summed E-state index contributed by atoms with van der Waals surface area (Å²) in [6.07, 6.45) is 3.97. The fourth-order valence-corrected chi connectivity index (χ4v) is 4.64. The van der Waals surface area contributed by atoms with E-state index in [1.54, 1.807) is 0 Å². The van der Waals surface area contributed by atoms with E-state index in [2.05, 4.69) is 19.3 Å². The maximum Gasteiger partial charge on any atom is 0.213 e. The first-order chi connectivity index (χ1) is 9.05. The zero-order valence-corrected chi connectivity index (χ0v) is 11.8. The van der Waals surface area contributed by atoms with E-state index in [4.69, 9.17) is 19.3 Å². The monoisotopic (exact) mass is 269 g/mol. The van der Waals surface area contributed by atoms with E-state index in [1.807, 2.05) is 6.92 Å². The van der Waals surface area contributed by atoms with Crippen molar-refractivity contribution in [3.8, 4) is 0 Å². The van der Waals surface area contributed by atoms with Crippen LogP contribution in [-0.4, -0.2) is 23.7 Å². The molecule has 108 valence electrons. The summed E-state index contributed by atoms with van der Waals surface area (Å²) in [4.78, 5) is 17.4. The van der Waals surface area contributed by atoms with Crippen LogP contribution >= 0.6 is 0 Å². The van der Waals surface area contributed by atoms with Crippen molar-refractivity contribution in [3.05, 3.63) is 0 Å². The Kier molecular flexibility index (Phi) is 2.59. The van der Waals surface area contributed by atoms with Crippen molar-refractivity contribution >= 4 is 0 Å². The molecule has 5 aliphatic rings. The van der Waals surface area contributed by atoms with E-state index in [9.17, 15) is 0 Å². The maximum atomic E-state index is 6.09. The average molecular weight is 269 g/mol. The third kappa shape index (κ3) is 1.54. The lowest BCUT2D eigenvalue weighted by Gasteiger charge is -2.58. The molecule has 5 heteroatoms. The summed E-state index contributed by atoms with van der Waals surface area (Å²) in [5.74, 6) is 0.792. The lowest BCUT2D eigenvalue weighted by molar-refractivity contribution is -0.570. The van der Waals surface area contributed by atoms with Crippen LogP contribution in [0.4, 0.5) is 0 Å². The summed E-state index contributed by atoms with van der Waals surface area (Å²) in [6, 6.07) is 0.265. The Morgan fingerprint density at radius 2 is 1.89 bits per heavy atom. The van der Waals surface area contributed by atoms with Crippen molar-refractivity contribution in [3.63, 3.8) is 0 Å². The molecule has 0 radical (unpaired) electrons. The molecule has 1 aliphatic carbocycles. The Labute approximate surface area is 113 Å². The molecule has 0 unspecified atom stereocenters. The van der Waals surface area contributed by atoms with Gasteiger partial charge in [0.2, 0.25) is 12.1 Å². The van der Waals surface area contributed by atoms with Gasteiger partial charge in [0.15, 0.2) is 5.60 Å². The van der Waals surface area contributed by atoms with E-state index < -0.39 is 11.4 Å². The first-order valence-electron chi connectivity index (χ1n) is 7.51. The minimum absolute atomic E-state index is 0.265. The van der Waals surface area contributed by atoms with Crippen LogP contribution in [-0.2, 0) is 19.3 Å². The van der Waals surface area contributed by atoms with Crippen LogP contribution in [0.3, 0.4) is 0 Å². The summed E-state index contributed by atoms with van der Waals surface area (Å²) in [5.41, 5.74) is 2.68. The minimum Gasteiger partial charge on any atom is -0.313 e. The van der Waals surface area contributed by atoms with E-state index in [0.717, 1.165) is 19.3 Å². The Morgan fingerprint density at radius 1 is 1.05 bits per heavy atom. The average Bonchev–Trinajstić information content (AvgIpc) is 2.61. The van der Waals surface area contributed by atoms with Gasteiger partial charge >= 0.3 is 0 Å². The van der Waals surface area contributed by atoms with Gasteiger partial charge in [-0.05, 0) is 44.9 Å². The Bertz CT molecular complexity index is 392. The smallest absolute Gasteiger partial charge is 0.213 e. The molecule has 0 aromatic carbocycles. The molecule has 7 atom stereocenters. The van der Waals surface area contributed by atoms with Crippen LogP contribution < -0.4 is 5.48 Å². The van der Waals surface area contributed by atoms with Crippen molar-refractivity contribution < 1.29 is 19.3 Å². The molecule has 1 N–H and O–H groups in total. The van der Waals surface area contributed by atoms with Gasteiger partial charge in [0, 0.05) is 18.4 Å². The Morgan fingerprint density at radius 3 is 2.74 bits per heavy atom. The van der Waals surface area contributed by atoms with Gasteiger partial charge in [-0.1, -0.05) is 6.92 Å². The number of ether oxygens (including phenoxy) is 1. The maximum absolute atomic E-state index is 6.09. The van der Waals surface area contributed by atoms with Gasteiger partial charge in [-0.3, -0.25) is 4.84 Å². The van der Waals surface area contributed by atoms with Gasteiger partial charge in [0.05, 0.1) is 0 Å². The molecule has 1 spiro atoms. The Hall–Kier alpha value is -0.200. The lowest BCUT2D eigenvalue weighted by Crippen LogP contribution is -2.72. The predicted octanol–water partition coefficient (Wildman–Crippen LogP) is 2.13. The molecular formula is C14H23NO4. The third-order valence-corrected chi connectivity index (χ3v) is 5.74. The highest BCUT2D eigenvalue weighted by Crippen LogP contribution is 2.57. The van der Waals surface area contributed by atoms with Crippen LogP contribution in [0, 0.1) is 17.8 Å². The second-order valence-corrected chi connectivity index (χ2v) is 6.93. The van der Waals surface area contributed by atoms with Crippen LogP contribution in [0.1, 0.15) is 46.5 Å². The second-order valence-electron chi connectivity index (χ2n) is 6.93. The van der Waals surface area contributed by atoms with E-state index in [-0.39, 0.29) is 12.3 Å². The van der Waals surface area contributed by atoms with Crippen LogP contribution in [0.25, 0.3) is 0 Å². The topological polar surface area (TPSA) is 49.0 Å². The van der Waals surface area contributed by atoms with Crippen LogP contribution in [0.5, 0.6) is 0 Å². The molecular weight excluding hydrogens is 246 g/mol. The third-order valence-electron chi connectivity index (χ3n) is 5.74. The predicted molar refractivity (Wildman–Crippen MR) is 66.5 cm³/mol. The van der Waals surface area contributed by atoms with Crippen molar-refractivity contribution in [1.29, 1.82) is 0 Å². The fraction of sp³-hybridized carbons (Fsp3) is 1.00. The molecule has 0 aromatic heterocycles. The van der Waals surface area contributed by atoms with Gasteiger partial charge < -0.3 is 4.74 Å². The quantitative estimate of drug-likeness (QED) is 0.683. The lowest BCUT2D eigenvalue weighted by atomic mass is 9.60. The number of hydroxylamine groups is 1. The highest BCUT2D eigenvalue weighted by atomic mass is 17.3. The van der Waals surface area contributed by atoms with E-state index >= 15 is 0 Å². The van der Waals surface area contributed by atoms with Gasteiger partial charge in [-0.2, -0.15) is 5.48 Å². The first-order valence-corrected chi connectivity index (χ1v) is 7.51. The summed E-state index contributed by atoms with van der Waals surface area (Å²) >= 11 is 0. The minimum atomic E-state index is -0.667. The zero-order chi connectivity index (χ0) is 13.3. The summed E-state index contributed by atoms with van der Waals surface area (Å²) in [7, 11) is 0. The van der Waals surface area contributed by atoms with Crippen molar-refractivity contribution in [2.75, 3.05) is 0 Å². The molecule has 0 aromatic rings. The van der Waals surface area contributed by atoms with Gasteiger partial charge in [-0.25, -0.2) is 9.78 Å². The molecule has 0 amide bonds. The SMILES string of the molecule is C[C@@H]1CC[C@H]2[C@@H](C)NO[C@@H]3O[C@]4(C)CC[C@@H]1[C@]32OO4. The fourth-order valence-electron chi connectivity index (χ4n) is 4.64. The van der Waals surface area contributed by atoms with E-state index in [0.29, 0.717) is 17.8 Å². The van der Waals surface area contributed by atoms with Crippen LogP contribution in [0.2, 0.25) is 0 Å². The Balaban J connectivity index is 1.81. The van der Waals surface area contributed by atoms with Gasteiger partial charge in [-0.15, -0.1) is 0 Å². The summed E-state index contributed by atoms with van der Waals surface area (Å²) in [6.45, 7) is 6.42.